The van der Waals surface area contributed by atoms with Crippen LogP contribution in [-0.2, 0) is 14.3 Å². The summed E-state index contributed by atoms with van der Waals surface area (Å²) in [5.41, 5.74) is 0. The van der Waals surface area contributed by atoms with E-state index in [0.717, 1.165) is 57.8 Å². The van der Waals surface area contributed by atoms with E-state index in [0.29, 0.717) is 25.9 Å². The summed E-state index contributed by atoms with van der Waals surface area (Å²) in [6.07, 6.45) is 62.9. The molecule has 2 unspecified atom stereocenters. The van der Waals surface area contributed by atoms with Crippen LogP contribution in [0.1, 0.15) is 303 Å². The first-order chi connectivity index (χ1) is 31.0. The molecule has 0 saturated heterocycles. The Morgan fingerprint density at radius 3 is 1.22 bits per heavy atom. The van der Waals surface area contributed by atoms with Gasteiger partial charge in [0.25, 0.3) is 0 Å². The third-order valence-electron chi connectivity index (χ3n) is 13.0. The number of carbonyl (C=O) groups excluding carboxylic acids is 2. The molecule has 0 heterocycles. The zero-order valence-corrected chi connectivity index (χ0v) is 42.3. The topological polar surface area (TPSA) is 95.9 Å². The van der Waals surface area contributed by atoms with Gasteiger partial charge in [-0.05, 0) is 57.8 Å². The van der Waals surface area contributed by atoms with Crippen molar-refractivity contribution in [2.45, 2.75) is 315 Å². The van der Waals surface area contributed by atoms with Crippen LogP contribution >= 0.6 is 0 Å². The third kappa shape index (κ3) is 49.6. The molecule has 0 aromatic carbocycles. The number of aliphatic hydroxyl groups excluding tert-OH is 2. The molecule has 6 heteroatoms. The summed E-state index contributed by atoms with van der Waals surface area (Å²) in [5.74, 6) is -0.0542. The Labute approximate surface area is 392 Å². The van der Waals surface area contributed by atoms with E-state index in [1.807, 2.05) is 0 Å². The monoisotopic (exact) mass is 888 g/mol. The van der Waals surface area contributed by atoms with Crippen LogP contribution in [-0.4, -0.2) is 47.4 Å². The van der Waals surface area contributed by atoms with Crippen LogP contribution < -0.4 is 5.32 Å². The quantitative estimate of drug-likeness (QED) is 0.0321. The molecular weight excluding hydrogens is 779 g/mol. The van der Waals surface area contributed by atoms with Gasteiger partial charge in [-0.3, -0.25) is 9.59 Å². The van der Waals surface area contributed by atoms with Gasteiger partial charge in [0.15, 0.2) is 0 Å². The summed E-state index contributed by atoms with van der Waals surface area (Å²) >= 11 is 0. The highest BCUT2D eigenvalue weighted by molar-refractivity contribution is 5.76. The average molecular weight is 889 g/mol. The van der Waals surface area contributed by atoms with E-state index in [1.165, 1.54) is 212 Å². The van der Waals surface area contributed by atoms with Gasteiger partial charge < -0.3 is 20.3 Å². The highest BCUT2D eigenvalue weighted by Crippen LogP contribution is 2.17. The fraction of sp³-hybridized carbons (Fsp3) is 0.895. The van der Waals surface area contributed by atoms with Gasteiger partial charge in [0.2, 0.25) is 5.91 Å². The van der Waals surface area contributed by atoms with Gasteiger partial charge >= 0.3 is 5.97 Å². The third-order valence-corrected chi connectivity index (χ3v) is 13.0. The fourth-order valence-electron chi connectivity index (χ4n) is 8.67. The summed E-state index contributed by atoms with van der Waals surface area (Å²) in [5, 5.41) is 23.2. The molecule has 0 aromatic rings. The van der Waals surface area contributed by atoms with Crippen molar-refractivity contribution in [3.05, 3.63) is 24.3 Å². The maximum absolute atomic E-state index is 12.5. The smallest absolute Gasteiger partial charge is 0.305 e. The summed E-state index contributed by atoms with van der Waals surface area (Å²) in [6, 6.07) is -0.549. The molecule has 0 aliphatic heterocycles. The first kappa shape index (κ1) is 61.3. The highest BCUT2D eigenvalue weighted by Gasteiger charge is 2.20. The molecule has 0 radical (unpaired) electrons. The van der Waals surface area contributed by atoms with Gasteiger partial charge in [-0.25, -0.2) is 0 Å². The molecule has 0 bridgehead atoms. The Morgan fingerprint density at radius 2 is 0.794 bits per heavy atom. The summed E-state index contributed by atoms with van der Waals surface area (Å²) in [4.78, 5) is 24.5. The van der Waals surface area contributed by atoms with Gasteiger partial charge in [-0.15, -0.1) is 0 Å². The highest BCUT2D eigenvalue weighted by atomic mass is 16.5. The number of rotatable bonds is 52. The maximum Gasteiger partial charge on any atom is 0.305 e. The molecule has 6 nitrogen and oxygen atoms in total. The average Bonchev–Trinajstić information content (AvgIpc) is 3.28. The molecule has 0 rings (SSSR count). The van der Waals surface area contributed by atoms with Crippen LogP contribution in [0.15, 0.2) is 24.3 Å². The molecule has 372 valence electrons. The molecule has 3 N–H and O–H groups in total. The van der Waals surface area contributed by atoms with Crippen LogP contribution in [0.25, 0.3) is 0 Å². The summed E-state index contributed by atoms with van der Waals surface area (Å²) in [6.45, 7) is 4.92. The number of aliphatic hydroxyl groups is 2. The van der Waals surface area contributed by atoms with E-state index in [-0.39, 0.29) is 18.5 Å². The Morgan fingerprint density at radius 1 is 0.444 bits per heavy atom. The van der Waals surface area contributed by atoms with Crippen molar-refractivity contribution >= 4 is 11.9 Å². The number of amides is 1. The second-order valence-corrected chi connectivity index (χ2v) is 19.3. The van der Waals surface area contributed by atoms with Crippen molar-refractivity contribution in [3.8, 4) is 0 Å². The molecule has 0 aliphatic carbocycles. The molecule has 0 saturated carbocycles. The Balaban J connectivity index is 3.43. The molecule has 0 aromatic heterocycles. The van der Waals surface area contributed by atoms with Crippen molar-refractivity contribution in [3.63, 3.8) is 0 Å². The van der Waals surface area contributed by atoms with E-state index < -0.39 is 12.1 Å². The largest absolute Gasteiger partial charge is 0.466 e. The van der Waals surface area contributed by atoms with E-state index in [2.05, 4.69) is 43.5 Å². The van der Waals surface area contributed by atoms with Gasteiger partial charge in [0.1, 0.15) is 0 Å². The Hall–Kier alpha value is -1.66. The number of nitrogens with one attached hydrogen (secondary N) is 1. The maximum atomic E-state index is 12.5. The lowest BCUT2D eigenvalue weighted by Gasteiger charge is -2.22. The van der Waals surface area contributed by atoms with Gasteiger partial charge in [0, 0.05) is 12.8 Å². The van der Waals surface area contributed by atoms with Crippen molar-refractivity contribution in [2.75, 3.05) is 13.2 Å². The predicted molar refractivity (Wildman–Crippen MR) is 273 cm³/mol. The van der Waals surface area contributed by atoms with E-state index in [1.54, 1.807) is 0 Å². The minimum absolute atomic E-state index is 0.00924. The van der Waals surface area contributed by atoms with Crippen molar-refractivity contribution < 1.29 is 24.5 Å². The van der Waals surface area contributed by atoms with Crippen molar-refractivity contribution in [2.24, 2.45) is 0 Å². The molecular formula is C57H109NO5. The van der Waals surface area contributed by atoms with Gasteiger partial charge in [-0.1, -0.05) is 256 Å². The fourth-order valence-corrected chi connectivity index (χ4v) is 8.67. The lowest BCUT2D eigenvalue weighted by atomic mass is 10.0. The van der Waals surface area contributed by atoms with E-state index in [9.17, 15) is 19.8 Å². The Bertz CT molecular complexity index is 982. The van der Waals surface area contributed by atoms with Gasteiger partial charge in [-0.2, -0.15) is 0 Å². The minimum Gasteiger partial charge on any atom is -0.466 e. The lowest BCUT2D eigenvalue weighted by molar-refractivity contribution is -0.143. The first-order valence-corrected chi connectivity index (χ1v) is 28.1. The second-order valence-electron chi connectivity index (χ2n) is 19.3. The summed E-state index contributed by atoms with van der Waals surface area (Å²) in [7, 11) is 0. The Kier molecular flexibility index (Phi) is 51.6. The van der Waals surface area contributed by atoms with Crippen LogP contribution in [0.5, 0.6) is 0 Å². The van der Waals surface area contributed by atoms with E-state index in [4.69, 9.17) is 4.74 Å². The number of esters is 1. The molecule has 0 spiro atoms. The number of hydrogen-bond acceptors (Lipinski definition) is 5. The molecule has 0 aliphatic rings. The van der Waals surface area contributed by atoms with Crippen molar-refractivity contribution in [1.29, 1.82) is 0 Å². The van der Waals surface area contributed by atoms with Crippen LogP contribution in [0.3, 0.4) is 0 Å². The van der Waals surface area contributed by atoms with E-state index >= 15 is 0 Å². The molecule has 2 atom stereocenters. The SMILES string of the molecule is CCCCCC/C=C\C/C=C\CCCCCCCCCC(=O)OCCCCCCCCCCCCCCCCC(=O)NC(CO)C(O)CCCCCCCCCCCCCCCC. The standard InChI is InChI=1S/C57H109NO5/c1-3-5-7-9-11-13-15-17-19-20-21-22-27-31-35-39-43-47-51-57(62)63-52-48-44-40-36-32-28-24-23-26-30-34-38-42-46-50-56(61)58-54(53-59)55(60)49-45-41-37-33-29-25-18-16-14-12-10-8-6-4-2/h13,15,19-20,54-55,59-60H,3-12,14,16-18,21-53H2,1-2H3,(H,58,61)/b15-13-,20-19-. The zero-order valence-electron chi connectivity index (χ0n) is 42.3. The number of ether oxygens (including phenoxy) is 1. The van der Waals surface area contributed by atoms with Crippen LogP contribution in [0, 0.1) is 0 Å². The second kappa shape index (κ2) is 53.0. The normalized spacial score (nSPS) is 12.8. The minimum atomic E-state index is -0.671. The lowest BCUT2D eigenvalue weighted by Crippen LogP contribution is -2.45. The van der Waals surface area contributed by atoms with Gasteiger partial charge in [0.05, 0.1) is 25.4 Å². The molecule has 63 heavy (non-hydrogen) atoms. The molecule has 1 amide bonds. The predicted octanol–water partition coefficient (Wildman–Crippen LogP) is 17.1. The number of unbranched alkanes of at least 4 members (excludes halogenated alkanes) is 37. The zero-order chi connectivity index (χ0) is 45.8. The number of carbonyl (C=O) groups is 2. The first-order valence-electron chi connectivity index (χ1n) is 28.1. The van der Waals surface area contributed by atoms with Crippen LogP contribution in [0.4, 0.5) is 0 Å². The molecule has 0 fully saturated rings. The number of allylic oxidation sites excluding steroid dienone is 4. The van der Waals surface area contributed by atoms with Crippen molar-refractivity contribution in [1.82, 2.24) is 5.32 Å². The summed E-state index contributed by atoms with van der Waals surface area (Å²) < 4.78 is 5.48. The van der Waals surface area contributed by atoms with Crippen LogP contribution in [0.2, 0.25) is 0 Å². The number of hydrogen-bond donors (Lipinski definition) is 3.